The topological polar surface area (TPSA) is 67.4 Å². The van der Waals surface area contributed by atoms with Gasteiger partial charge in [0.2, 0.25) is 5.91 Å². The standard InChI is InChI=1S/C18H19ClN2O3/c1-3-24-18(23)14-6-4-5-7-16(14)21-17(22)11-20-15-9-8-13(19)10-12(15)2/h4-10,20H,3,11H2,1-2H3,(H,21,22). The van der Waals surface area contributed by atoms with E-state index in [0.29, 0.717) is 16.3 Å². The van der Waals surface area contributed by atoms with Crippen molar-refractivity contribution in [3.8, 4) is 0 Å². The van der Waals surface area contributed by atoms with Gasteiger partial charge >= 0.3 is 5.97 Å². The van der Waals surface area contributed by atoms with Crippen LogP contribution in [0.3, 0.4) is 0 Å². The van der Waals surface area contributed by atoms with Crippen LogP contribution >= 0.6 is 11.6 Å². The summed E-state index contributed by atoms with van der Waals surface area (Å²) in [6.45, 7) is 3.98. The molecule has 126 valence electrons. The Bertz CT molecular complexity index is 747. The first-order valence-corrected chi connectivity index (χ1v) is 7.95. The lowest BCUT2D eigenvalue weighted by Crippen LogP contribution is -2.23. The summed E-state index contributed by atoms with van der Waals surface area (Å²) in [5.74, 6) is -0.726. The predicted octanol–water partition coefficient (Wildman–Crippen LogP) is 3.88. The number of carbonyl (C=O) groups excluding carboxylic acids is 2. The molecule has 0 heterocycles. The zero-order chi connectivity index (χ0) is 17.5. The molecule has 0 fully saturated rings. The van der Waals surface area contributed by atoms with E-state index in [4.69, 9.17) is 16.3 Å². The Labute approximate surface area is 146 Å². The molecule has 5 nitrogen and oxygen atoms in total. The summed E-state index contributed by atoms with van der Waals surface area (Å²) in [6.07, 6.45) is 0. The van der Waals surface area contributed by atoms with E-state index >= 15 is 0 Å². The minimum absolute atomic E-state index is 0.0691. The molecule has 0 atom stereocenters. The molecule has 2 aromatic carbocycles. The number of hydrogen-bond acceptors (Lipinski definition) is 4. The molecular weight excluding hydrogens is 328 g/mol. The number of nitrogens with one attached hydrogen (secondary N) is 2. The number of halogens is 1. The summed E-state index contributed by atoms with van der Waals surface area (Å²) in [5.41, 5.74) is 2.53. The molecule has 0 spiro atoms. The van der Waals surface area contributed by atoms with Gasteiger partial charge in [0.05, 0.1) is 24.4 Å². The van der Waals surface area contributed by atoms with Crippen LogP contribution in [0.1, 0.15) is 22.8 Å². The van der Waals surface area contributed by atoms with Gasteiger partial charge in [0.1, 0.15) is 0 Å². The fraction of sp³-hybridized carbons (Fsp3) is 0.222. The smallest absolute Gasteiger partial charge is 0.340 e. The van der Waals surface area contributed by atoms with Crippen molar-refractivity contribution in [3.05, 3.63) is 58.6 Å². The molecule has 2 N–H and O–H groups in total. The third-order valence-electron chi connectivity index (χ3n) is 3.32. The van der Waals surface area contributed by atoms with E-state index in [0.717, 1.165) is 11.3 Å². The Morgan fingerprint density at radius 2 is 1.88 bits per heavy atom. The van der Waals surface area contributed by atoms with Gasteiger partial charge < -0.3 is 15.4 Å². The SMILES string of the molecule is CCOC(=O)c1ccccc1NC(=O)CNc1ccc(Cl)cc1C. The quantitative estimate of drug-likeness (QED) is 0.779. The van der Waals surface area contributed by atoms with Crippen LogP contribution in [0, 0.1) is 6.92 Å². The number of para-hydroxylation sites is 1. The Balaban J connectivity index is 2.01. The molecular formula is C18H19ClN2O3. The van der Waals surface area contributed by atoms with E-state index < -0.39 is 5.97 Å². The summed E-state index contributed by atoms with van der Waals surface area (Å²) in [4.78, 5) is 24.0. The zero-order valence-corrected chi connectivity index (χ0v) is 14.3. The van der Waals surface area contributed by atoms with Crippen LogP contribution < -0.4 is 10.6 Å². The van der Waals surface area contributed by atoms with Crippen LogP contribution in [0.25, 0.3) is 0 Å². The summed E-state index contributed by atoms with van der Waals surface area (Å²) in [5, 5.41) is 6.41. The highest BCUT2D eigenvalue weighted by atomic mass is 35.5. The molecule has 0 bridgehead atoms. The third kappa shape index (κ3) is 4.73. The van der Waals surface area contributed by atoms with Gasteiger partial charge in [-0.25, -0.2) is 4.79 Å². The van der Waals surface area contributed by atoms with Crippen LogP contribution in [0.2, 0.25) is 5.02 Å². The highest BCUT2D eigenvalue weighted by Crippen LogP contribution is 2.20. The fourth-order valence-corrected chi connectivity index (χ4v) is 2.40. The van der Waals surface area contributed by atoms with E-state index in [9.17, 15) is 9.59 Å². The van der Waals surface area contributed by atoms with Gasteiger partial charge in [0.25, 0.3) is 0 Å². The Hall–Kier alpha value is -2.53. The maximum atomic E-state index is 12.1. The molecule has 24 heavy (non-hydrogen) atoms. The second kappa shape index (κ2) is 8.36. The summed E-state index contributed by atoms with van der Waals surface area (Å²) >= 11 is 5.91. The number of amides is 1. The average Bonchev–Trinajstić information content (AvgIpc) is 2.54. The highest BCUT2D eigenvalue weighted by molar-refractivity contribution is 6.30. The summed E-state index contributed by atoms with van der Waals surface area (Å²) in [6, 6.07) is 12.1. The van der Waals surface area contributed by atoms with E-state index in [2.05, 4.69) is 10.6 Å². The maximum Gasteiger partial charge on any atom is 0.340 e. The number of anilines is 2. The number of rotatable bonds is 6. The Morgan fingerprint density at radius 3 is 2.58 bits per heavy atom. The normalized spacial score (nSPS) is 10.1. The Kier molecular flexibility index (Phi) is 6.21. The molecule has 0 aliphatic heterocycles. The van der Waals surface area contributed by atoms with Gasteiger partial charge in [-0.3, -0.25) is 4.79 Å². The van der Waals surface area contributed by atoms with Crippen molar-refractivity contribution in [2.75, 3.05) is 23.8 Å². The van der Waals surface area contributed by atoms with Gasteiger partial charge in [0, 0.05) is 10.7 Å². The molecule has 0 saturated carbocycles. The molecule has 0 aromatic heterocycles. The molecule has 2 aromatic rings. The molecule has 6 heteroatoms. The van der Waals surface area contributed by atoms with Gasteiger partial charge in [-0.2, -0.15) is 0 Å². The van der Waals surface area contributed by atoms with E-state index in [-0.39, 0.29) is 19.1 Å². The largest absolute Gasteiger partial charge is 0.462 e. The second-order valence-electron chi connectivity index (χ2n) is 5.13. The fourth-order valence-electron chi connectivity index (χ4n) is 2.17. The van der Waals surface area contributed by atoms with Crippen molar-refractivity contribution in [3.63, 3.8) is 0 Å². The lowest BCUT2D eigenvalue weighted by Gasteiger charge is -2.12. The van der Waals surface area contributed by atoms with Crippen molar-refractivity contribution in [2.24, 2.45) is 0 Å². The van der Waals surface area contributed by atoms with Crippen molar-refractivity contribution < 1.29 is 14.3 Å². The average molecular weight is 347 g/mol. The van der Waals surface area contributed by atoms with Crippen molar-refractivity contribution in [1.29, 1.82) is 0 Å². The van der Waals surface area contributed by atoms with Crippen molar-refractivity contribution >= 4 is 34.9 Å². The Morgan fingerprint density at radius 1 is 1.12 bits per heavy atom. The van der Waals surface area contributed by atoms with Crippen LogP contribution in [0.15, 0.2) is 42.5 Å². The third-order valence-corrected chi connectivity index (χ3v) is 3.56. The number of carbonyl (C=O) groups is 2. The van der Waals surface area contributed by atoms with Crippen LogP contribution in [0.4, 0.5) is 11.4 Å². The lowest BCUT2D eigenvalue weighted by molar-refractivity contribution is -0.114. The highest BCUT2D eigenvalue weighted by Gasteiger charge is 2.13. The number of benzene rings is 2. The van der Waals surface area contributed by atoms with Crippen molar-refractivity contribution in [1.82, 2.24) is 0 Å². The van der Waals surface area contributed by atoms with Crippen molar-refractivity contribution in [2.45, 2.75) is 13.8 Å². The predicted molar refractivity (Wildman–Crippen MR) is 95.7 cm³/mol. The molecule has 0 aliphatic rings. The summed E-state index contributed by atoms with van der Waals surface area (Å²) < 4.78 is 4.99. The summed E-state index contributed by atoms with van der Waals surface area (Å²) in [7, 11) is 0. The van der Waals surface area contributed by atoms with Gasteiger partial charge in [0.15, 0.2) is 0 Å². The van der Waals surface area contributed by atoms with Crippen LogP contribution in [0.5, 0.6) is 0 Å². The van der Waals surface area contributed by atoms with Gasteiger partial charge in [-0.15, -0.1) is 0 Å². The van der Waals surface area contributed by atoms with Gasteiger partial charge in [-0.05, 0) is 49.7 Å². The number of ether oxygens (including phenoxy) is 1. The van der Waals surface area contributed by atoms with Gasteiger partial charge in [-0.1, -0.05) is 23.7 Å². The second-order valence-corrected chi connectivity index (χ2v) is 5.56. The minimum Gasteiger partial charge on any atom is -0.462 e. The van der Waals surface area contributed by atoms with E-state index in [1.807, 2.05) is 19.1 Å². The first kappa shape index (κ1) is 17.8. The van der Waals surface area contributed by atoms with Crippen LogP contribution in [-0.4, -0.2) is 25.0 Å². The molecule has 0 radical (unpaired) electrons. The lowest BCUT2D eigenvalue weighted by atomic mass is 10.1. The molecule has 1 amide bonds. The van der Waals surface area contributed by atoms with Crippen LogP contribution in [-0.2, 0) is 9.53 Å². The number of esters is 1. The zero-order valence-electron chi connectivity index (χ0n) is 13.6. The van der Waals surface area contributed by atoms with E-state index in [1.54, 1.807) is 37.3 Å². The molecule has 2 rings (SSSR count). The number of hydrogen-bond donors (Lipinski definition) is 2. The maximum absolute atomic E-state index is 12.1. The first-order valence-electron chi connectivity index (χ1n) is 7.57. The monoisotopic (exact) mass is 346 g/mol. The van der Waals surface area contributed by atoms with E-state index in [1.165, 1.54) is 0 Å². The molecule has 0 aliphatic carbocycles. The minimum atomic E-state index is -0.463. The first-order chi connectivity index (χ1) is 11.5. The molecule has 0 saturated heterocycles. The molecule has 0 unspecified atom stereocenters. The number of aryl methyl sites for hydroxylation is 1.